The first kappa shape index (κ1) is 18.6. The topological polar surface area (TPSA) is 22.3 Å². The van der Waals surface area contributed by atoms with Crippen LogP contribution in [0.1, 0.15) is 18.1 Å². The average Bonchev–Trinajstić information content (AvgIpc) is 3.16. The van der Waals surface area contributed by atoms with E-state index in [4.69, 9.17) is 11.6 Å². The van der Waals surface area contributed by atoms with Gasteiger partial charge in [0.25, 0.3) is 0 Å². The molecule has 1 saturated heterocycles. The molecule has 28 heavy (non-hydrogen) atoms. The van der Waals surface area contributed by atoms with Crippen molar-refractivity contribution in [1.82, 2.24) is 14.8 Å². The molecule has 1 aliphatic heterocycles. The lowest BCUT2D eigenvalue weighted by Crippen LogP contribution is -2.49. The van der Waals surface area contributed by atoms with E-state index in [2.05, 4.69) is 40.9 Å². The van der Waals surface area contributed by atoms with Crippen LogP contribution in [-0.4, -0.2) is 40.5 Å². The van der Waals surface area contributed by atoms with Gasteiger partial charge in [0.2, 0.25) is 0 Å². The molecule has 2 heterocycles. The van der Waals surface area contributed by atoms with Crippen LogP contribution in [0.4, 0.5) is 4.39 Å². The molecular weight excluding hydrogens is 373 g/mol. The van der Waals surface area contributed by atoms with Gasteiger partial charge in [-0.1, -0.05) is 36.9 Å². The Morgan fingerprint density at radius 1 is 1.14 bits per heavy atom. The highest BCUT2D eigenvalue weighted by Crippen LogP contribution is 2.31. The van der Waals surface area contributed by atoms with Crippen molar-refractivity contribution < 1.29 is 4.39 Å². The number of rotatable bonds is 4. The number of nitrogens with zero attached hydrogens (tertiary/aromatic N) is 2. The number of piperazine rings is 1. The van der Waals surface area contributed by atoms with Crippen LogP contribution in [-0.2, 0) is 0 Å². The number of fused-ring (bicyclic) bond motifs is 1. The minimum Gasteiger partial charge on any atom is -0.368 e. The van der Waals surface area contributed by atoms with E-state index < -0.39 is 0 Å². The standard InChI is InChI=1S/C23H23ClFN3/c1-15-14-27(10-11-28(15)17(3)19-6-4-5-7-22(19)25)16(2)18-12-21(24)20-8-9-26-23(20)13-18/h4-9,12-13,15,26H,2-3,10-11,14H2,1H3. The maximum Gasteiger partial charge on any atom is 0.132 e. The number of hydrogen-bond donors (Lipinski definition) is 1. The molecule has 2 aromatic carbocycles. The van der Waals surface area contributed by atoms with Crippen molar-refractivity contribution in [3.8, 4) is 0 Å². The van der Waals surface area contributed by atoms with E-state index in [9.17, 15) is 4.39 Å². The maximum absolute atomic E-state index is 14.2. The molecular formula is C23H23ClFN3. The third-order valence-electron chi connectivity index (χ3n) is 5.49. The fraction of sp³-hybridized carbons (Fsp3) is 0.217. The summed E-state index contributed by atoms with van der Waals surface area (Å²) in [6, 6.07) is 13.0. The zero-order chi connectivity index (χ0) is 19.8. The molecule has 1 atom stereocenters. The first-order valence-corrected chi connectivity index (χ1v) is 9.75. The van der Waals surface area contributed by atoms with E-state index in [-0.39, 0.29) is 11.9 Å². The number of hydrogen-bond acceptors (Lipinski definition) is 2. The lowest BCUT2D eigenvalue weighted by Gasteiger charge is -2.43. The molecule has 1 N–H and O–H groups in total. The quantitative estimate of drug-likeness (QED) is 0.620. The van der Waals surface area contributed by atoms with Gasteiger partial charge in [0.15, 0.2) is 0 Å². The molecule has 4 rings (SSSR count). The molecule has 0 radical (unpaired) electrons. The van der Waals surface area contributed by atoms with Gasteiger partial charge >= 0.3 is 0 Å². The summed E-state index contributed by atoms with van der Waals surface area (Å²) in [4.78, 5) is 7.64. The molecule has 0 bridgehead atoms. The Hall–Kier alpha value is -2.72. The fourth-order valence-corrected chi connectivity index (χ4v) is 4.21. The number of aromatic nitrogens is 1. The van der Waals surface area contributed by atoms with Crippen LogP contribution in [0.5, 0.6) is 0 Å². The van der Waals surface area contributed by atoms with Crippen molar-refractivity contribution in [2.24, 2.45) is 0 Å². The molecule has 1 fully saturated rings. The summed E-state index contributed by atoms with van der Waals surface area (Å²) >= 11 is 6.43. The van der Waals surface area contributed by atoms with Crippen LogP contribution in [0.2, 0.25) is 5.02 Å². The van der Waals surface area contributed by atoms with Crippen LogP contribution in [0.3, 0.4) is 0 Å². The number of benzene rings is 2. The molecule has 0 saturated carbocycles. The summed E-state index contributed by atoms with van der Waals surface area (Å²) in [7, 11) is 0. The largest absolute Gasteiger partial charge is 0.368 e. The zero-order valence-corrected chi connectivity index (χ0v) is 16.6. The number of halogens is 2. The van der Waals surface area contributed by atoms with Gasteiger partial charge in [-0.25, -0.2) is 4.39 Å². The lowest BCUT2D eigenvalue weighted by atomic mass is 10.0. The van der Waals surface area contributed by atoms with E-state index in [0.29, 0.717) is 5.56 Å². The Kier molecular flexibility index (Phi) is 4.90. The third kappa shape index (κ3) is 3.29. The van der Waals surface area contributed by atoms with Gasteiger partial charge < -0.3 is 14.8 Å². The van der Waals surface area contributed by atoms with Crippen LogP contribution in [0, 0.1) is 5.82 Å². The van der Waals surface area contributed by atoms with E-state index in [1.807, 2.05) is 24.4 Å². The van der Waals surface area contributed by atoms with Gasteiger partial charge in [-0.05, 0) is 37.3 Å². The van der Waals surface area contributed by atoms with E-state index >= 15 is 0 Å². The Labute approximate surface area is 169 Å². The van der Waals surface area contributed by atoms with Crippen molar-refractivity contribution >= 4 is 33.9 Å². The van der Waals surface area contributed by atoms with Gasteiger partial charge in [-0.15, -0.1) is 0 Å². The summed E-state index contributed by atoms with van der Waals surface area (Å²) in [6.07, 6.45) is 1.89. The molecule has 3 nitrogen and oxygen atoms in total. The molecule has 0 spiro atoms. The summed E-state index contributed by atoms with van der Waals surface area (Å²) in [6.45, 7) is 12.9. The minimum absolute atomic E-state index is 0.183. The van der Waals surface area contributed by atoms with Crippen molar-refractivity contribution in [3.05, 3.63) is 83.8 Å². The molecule has 0 aliphatic carbocycles. The highest BCUT2D eigenvalue weighted by Gasteiger charge is 2.27. The van der Waals surface area contributed by atoms with Crippen LogP contribution >= 0.6 is 11.6 Å². The Balaban J connectivity index is 1.51. The molecule has 0 amide bonds. The zero-order valence-electron chi connectivity index (χ0n) is 15.9. The van der Waals surface area contributed by atoms with E-state index in [0.717, 1.165) is 52.5 Å². The predicted molar refractivity (Wildman–Crippen MR) is 116 cm³/mol. The van der Waals surface area contributed by atoms with Gasteiger partial charge in [0, 0.05) is 65.3 Å². The number of nitrogens with one attached hydrogen (secondary N) is 1. The monoisotopic (exact) mass is 395 g/mol. The molecule has 5 heteroatoms. The second kappa shape index (κ2) is 7.36. The third-order valence-corrected chi connectivity index (χ3v) is 5.80. The van der Waals surface area contributed by atoms with E-state index in [1.54, 1.807) is 12.1 Å². The van der Waals surface area contributed by atoms with Crippen molar-refractivity contribution in [3.63, 3.8) is 0 Å². The number of H-pyrrole nitrogens is 1. The predicted octanol–water partition coefficient (Wildman–Crippen LogP) is 5.61. The van der Waals surface area contributed by atoms with Gasteiger partial charge in [-0.2, -0.15) is 0 Å². The van der Waals surface area contributed by atoms with Crippen LogP contribution in [0.25, 0.3) is 22.3 Å². The first-order valence-electron chi connectivity index (χ1n) is 9.37. The summed E-state index contributed by atoms with van der Waals surface area (Å²) in [5.41, 5.74) is 4.25. The van der Waals surface area contributed by atoms with Crippen molar-refractivity contribution in [2.45, 2.75) is 13.0 Å². The highest BCUT2D eigenvalue weighted by atomic mass is 35.5. The van der Waals surface area contributed by atoms with Gasteiger partial charge in [-0.3, -0.25) is 0 Å². The lowest BCUT2D eigenvalue weighted by molar-refractivity contribution is 0.178. The molecule has 1 unspecified atom stereocenters. The van der Waals surface area contributed by atoms with Crippen LogP contribution < -0.4 is 0 Å². The second-order valence-corrected chi connectivity index (χ2v) is 7.67. The van der Waals surface area contributed by atoms with Crippen LogP contribution in [0.15, 0.2) is 61.8 Å². The SMILES string of the molecule is C=C(c1cc(Cl)c2cc[nH]c2c1)N1CCN(C(=C)c2ccccc2F)C(C)C1. The van der Waals surface area contributed by atoms with Crippen molar-refractivity contribution in [2.75, 3.05) is 19.6 Å². The average molecular weight is 396 g/mol. The smallest absolute Gasteiger partial charge is 0.132 e. The number of aromatic amines is 1. The maximum atomic E-state index is 14.2. The minimum atomic E-state index is -0.236. The van der Waals surface area contributed by atoms with Crippen molar-refractivity contribution in [1.29, 1.82) is 0 Å². The first-order chi connectivity index (χ1) is 13.5. The van der Waals surface area contributed by atoms with E-state index in [1.165, 1.54) is 6.07 Å². The second-order valence-electron chi connectivity index (χ2n) is 7.26. The Morgan fingerprint density at radius 2 is 1.93 bits per heavy atom. The normalized spacial score (nSPS) is 17.2. The summed E-state index contributed by atoms with van der Waals surface area (Å²) in [5.74, 6) is -0.236. The summed E-state index contributed by atoms with van der Waals surface area (Å²) < 4.78 is 14.2. The molecule has 1 aromatic heterocycles. The molecule has 144 valence electrons. The van der Waals surface area contributed by atoms with Gasteiger partial charge in [0.1, 0.15) is 5.82 Å². The summed E-state index contributed by atoms with van der Waals surface area (Å²) in [5, 5.41) is 1.73. The van der Waals surface area contributed by atoms with Gasteiger partial charge in [0.05, 0.1) is 5.02 Å². The Bertz CT molecular complexity index is 1050. The molecule has 1 aliphatic rings. The highest BCUT2D eigenvalue weighted by molar-refractivity contribution is 6.35. The Morgan fingerprint density at radius 3 is 2.68 bits per heavy atom. The molecule has 3 aromatic rings. The fourth-order valence-electron chi connectivity index (χ4n) is 3.92.